The van der Waals surface area contributed by atoms with Gasteiger partial charge in [0.25, 0.3) is 0 Å². The Balaban J connectivity index is 1.72. The standard InChI is InChI=1S/C13H14ClN5OS/c14-11-7-10(1-2-12(11)19-9-15-8-16-19)17-13(20)18-3-5-21-6-4-18/h1-2,7-9H,3-6H2,(H,17,20). The van der Waals surface area contributed by atoms with Crippen molar-refractivity contribution >= 4 is 35.1 Å². The second-order valence-corrected chi connectivity index (χ2v) is 6.17. The maximum Gasteiger partial charge on any atom is 0.321 e. The molecule has 1 fully saturated rings. The highest BCUT2D eigenvalue weighted by molar-refractivity contribution is 7.99. The molecule has 1 saturated heterocycles. The fourth-order valence-corrected chi connectivity index (χ4v) is 3.24. The fraction of sp³-hybridized carbons (Fsp3) is 0.308. The third-order valence-corrected chi connectivity index (χ3v) is 4.41. The number of anilines is 1. The van der Waals surface area contributed by atoms with E-state index in [1.807, 2.05) is 16.7 Å². The van der Waals surface area contributed by atoms with E-state index < -0.39 is 0 Å². The van der Waals surface area contributed by atoms with E-state index in [4.69, 9.17) is 11.6 Å². The Bertz CT molecular complexity index is 627. The number of rotatable bonds is 2. The van der Waals surface area contributed by atoms with Crippen molar-refractivity contribution in [3.05, 3.63) is 35.9 Å². The molecule has 0 atom stereocenters. The molecule has 3 rings (SSSR count). The van der Waals surface area contributed by atoms with Crippen molar-refractivity contribution in [1.82, 2.24) is 19.7 Å². The molecule has 8 heteroatoms. The monoisotopic (exact) mass is 323 g/mol. The van der Waals surface area contributed by atoms with Gasteiger partial charge in [-0.2, -0.15) is 16.9 Å². The first-order valence-corrected chi connectivity index (χ1v) is 8.05. The van der Waals surface area contributed by atoms with Crippen LogP contribution < -0.4 is 5.32 Å². The van der Waals surface area contributed by atoms with Crippen LogP contribution in [0.1, 0.15) is 0 Å². The van der Waals surface area contributed by atoms with Gasteiger partial charge in [-0.3, -0.25) is 0 Å². The fourth-order valence-electron chi connectivity index (χ4n) is 2.07. The second-order valence-electron chi connectivity index (χ2n) is 4.54. The van der Waals surface area contributed by atoms with Crippen LogP contribution in [0, 0.1) is 0 Å². The summed E-state index contributed by atoms with van der Waals surface area (Å²) in [5.41, 5.74) is 1.40. The first-order chi connectivity index (χ1) is 10.2. The molecule has 1 aliphatic rings. The summed E-state index contributed by atoms with van der Waals surface area (Å²) in [5.74, 6) is 1.97. The second kappa shape index (κ2) is 6.36. The van der Waals surface area contributed by atoms with Gasteiger partial charge in [-0.15, -0.1) is 0 Å². The molecule has 0 radical (unpaired) electrons. The lowest BCUT2D eigenvalue weighted by Crippen LogP contribution is -2.40. The van der Waals surface area contributed by atoms with E-state index >= 15 is 0 Å². The summed E-state index contributed by atoms with van der Waals surface area (Å²) in [6.07, 6.45) is 3.02. The number of hydrogen-bond acceptors (Lipinski definition) is 4. The van der Waals surface area contributed by atoms with Crippen LogP contribution >= 0.6 is 23.4 Å². The zero-order valence-electron chi connectivity index (χ0n) is 11.2. The number of nitrogens with zero attached hydrogens (tertiary/aromatic N) is 4. The molecule has 0 bridgehead atoms. The number of carbonyl (C=O) groups excluding carboxylic acids is 1. The lowest BCUT2D eigenvalue weighted by molar-refractivity contribution is 0.217. The first-order valence-electron chi connectivity index (χ1n) is 6.52. The summed E-state index contributed by atoms with van der Waals surface area (Å²) in [6.45, 7) is 1.56. The molecule has 0 spiro atoms. The van der Waals surface area contributed by atoms with Gasteiger partial charge in [-0.1, -0.05) is 11.6 Å². The molecule has 2 amide bonds. The van der Waals surface area contributed by atoms with E-state index in [1.165, 1.54) is 6.33 Å². The average Bonchev–Trinajstić information content (AvgIpc) is 3.02. The lowest BCUT2D eigenvalue weighted by atomic mass is 10.3. The van der Waals surface area contributed by atoms with E-state index in [-0.39, 0.29) is 6.03 Å². The zero-order chi connectivity index (χ0) is 14.7. The van der Waals surface area contributed by atoms with Crippen molar-refractivity contribution in [2.45, 2.75) is 0 Å². The maximum absolute atomic E-state index is 12.1. The highest BCUT2D eigenvalue weighted by atomic mass is 35.5. The third-order valence-electron chi connectivity index (χ3n) is 3.16. The molecule has 0 aliphatic carbocycles. The Hall–Kier alpha value is -1.73. The molecule has 2 heterocycles. The minimum absolute atomic E-state index is 0.0835. The SMILES string of the molecule is O=C(Nc1ccc(-n2cncn2)c(Cl)c1)N1CCSCC1. The molecule has 1 aromatic carbocycles. The van der Waals surface area contributed by atoms with Crippen LogP contribution in [-0.2, 0) is 0 Å². The number of benzene rings is 1. The summed E-state index contributed by atoms with van der Waals surface area (Å²) in [7, 11) is 0. The quantitative estimate of drug-likeness (QED) is 0.922. The minimum atomic E-state index is -0.0835. The largest absolute Gasteiger partial charge is 0.323 e. The predicted octanol–water partition coefficient (Wildman–Crippen LogP) is 2.50. The summed E-state index contributed by atoms with van der Waals surface area (Å²) in [6, 6.07) is 5.24. The normalized spacial score (nSPS) is 15.0. The number of nitrogens with one attached hydrogen (secondary N) is 1. The molecule has 1 N–H and O–H groups in total. The van der Waals surface area contributed by atoms with E-state index in [0.717, 1.165) is 30.3 Å². The van der Waals surface area contributed by atoms with Crippen molar-refractivity contribution in [1.29, 1.82) is 0 Å². The number of urea groups is 1. The van der Waals surface area contributed by atoms with Crippen LogP contribution in [0.5, 0.6) is 0 Å². The Labute approximate surface area is 131 Å². The molecular weight excluding hydrogens is 310 g/mol. The Morgan fingerprint density at radius 3 is 2.81 bits per heavy atom. The molecule has 1 aliphatic heterocycles. The van der Waals surface area contributed by atoms with E-state index in [2.05, 4.69) is 15.4 Å². The number of amides is 2. The first kappa shape index (κ1) is 14.2. The number of carbonyl (C=O) groups is 1. The number of thioether (sulfide) groups is 1. The lowest BCUT2D eigenvalue weighted by Gasteiger charge is -2.26. The molecule has 2 aromatic rings. The van der Waals surface area contributed by atoms with E-state index in [9.17, 15) is 4.79 Å². The van der Waals surface area contributed by atoms with Gasteiger partial charge in [-0.05, 0) is 18.2 Å². The van der Waals surface area contributed by atoms with Gasteiger partial charge < -0.3 is 10.2 Å². The molecule has 0 saturated carbocycles. The predicted molar refractivity (Wildman–Crippen MR) is 84.3 cm³/mol. The molecule has 6 nitrogen and oxygen atoms in total. The van der Waals surface area contributed by atoms with E-state index in [0.29, 0.717) is 10.7 Å². The number of hydrogen-bond donors (Lipinski definition) is 1. The third kappa shape index (κ3) is 3.30. The van der Waals surface area contributed by atoms with Crippen LogP contribution in [-0.4, -0.2) is 50.3 Å². The highest BCUT2D eigenvalue weighted by Gasteiger charge is 2.17. The smallest absolute Gasteiger partial charge is 0.321 e. The van der Waals surface area contributed by atoms with Gasteiger partial charge >= 0.3 is 6.03 Å². The van der Waals surface area contributed by atoms with Gasteiger partial charge in [0.1, 0.15) is 12.7 Å². The van der Waals surface area contributed by atoms with Crippen LogP contribution in [0.4, 0.5) is 10.5 Å². The summed E-state index contributed by atoms with van der Waals surface area (Å²) >= 11 is 8.10. The van der Waals surface area contributed by atoms with Crippen LogP contribution in [0.2, 0.25) is 5.02 Å². The molecule has 110 valence electrons. The highest BCUT2D eigenvalue weighted by Crippen LogP contribution is 2.24. The average molecular weight is 324 g/mol. The van der Waals surface area contributed by atoms with Crippen molar-refractivity contribution in [2.75, 3.05) is 29.9 Å². The molecule has 0 unspecified atom stereocenters. The summed E-state index contributed by atoms with van der Waals surface area (Å²) in [4.78, 5) is 17.8. The van der Waals surface area contributed by atoms with Crippen LogP contribution in [0.3, 0.4) is 0 Å². The maximum atomic E-state index is 12.1. The van der Waals surface area contributed by atoms with Gasteiger partial charge in [0, 0.05) is 30.3 Å². The summed E-state index contributed by atoms with van der Waals surface area (Å²) < 4.78 is 1.58. The topological polar surface area (TPSA) is 63.1 Å². The minimum Gasteiger partial charge on any atom is -0.323 e. The Morgan fingerprint density at radius 1 is 1.33 bits per heavy atom. The van der Waals surface area contributed by atoms with Crippen molar-refractivity contribution in [3.63, 3.8) is 0 Å². The van der Waals surface area contributed by atoms with Crippen molar-refractivity contribution in [3.8, 4) is 5.69 Å². The van der Waals surface area contributed by atoms with Gasteiger partial charge in [0.05, 0.1) is 10.7 Å². The van der Waals surface area contributed by atoms with Crippen molar-refractivity contribution < 1.29 is 4.79 Å². The molecule has 1 aromatic heterocycles. The van der Waals surface area contributed by atoms with Gasteiger partial charge in [-0.25, -0.2) is 14.5 Å². The Kier molecular flexibility index (Phi) is 4.31. The zero-order valence-corrected chi connectivity index (χ0v) is 12.8. The summed E-state index contributed by atoms with van der Waals surface area (Å²) in [5, 5.41) is 7.41. The van der Waals surface area contributed by atoms with Crippen molar-refractivity contribution in [2.24, 2.45) is 0 Å². The number of aromatic nitrogens is 3. The van der Waals surface area contributed by atoms with E-state index in [1.54, 1.807) is 29.2 Å². The van der Waals surface area contributed by atoms with Crippen LogP contribution in [0.15, 0.2) is 30.9 Å². The molecule has 21 heavy (non-hydrogen) atoms. The van der Waals surface area contributed by atoms with Crippen LogP contribution in [0.25, 0.3) is 5.69 Å². The Morgan fingerprint density at radius 2 is 2.14 bits per heavy atom. The number of halogens is 1. The van der Waals surface area contributed by atoms with Gasteiger partial charge in [0.2, 0.25) is 0 Å². The van der Waals surface area contributed by atoms with Gasteiger partial charge in [0.15, 0.2) is 0 Å². The molecular formula is C13H14ClN5OS.